The molecule has 1 heterocycles. The molecular formula is C15H18N4O4. The summed E-state index contributed by atoms with van der Waals surface area (Å²) in [6, 6.07) is 4.98. The van der Waals surface area contributed by atoms with Crippen LogP contribution in [0.5, 0.6) is 5.75 Å². The zero-order valence-electron chi connectivity index (χ0n) is 13.3. The zero-order valence-corrected chi connectivity index (χ0v) is 13.3. The van der Waals surface area contributed by atoms with Crippen LogP contribution in [0.3, 0.4) is 0 Å². The van der Waals surface area contributed by atoms with Gasteiger partial charge in [0, 0.05) is 12.6 Å². The molecule has 0 saturated carbocycles. The fourth-order valence-electron chi connectivity index (χ4n) is 2.20. The number of benzene rings is 1. The molecule has 0 radical (unpaired) electrons. The Bertz CT molecular complexity index is 774. The van der Waals surface area contributed by atoms with E-state index >= 15 is 0 Å². The quantitative estimate of drug-likeness (QED) is 0.513. The first-order valence-corrected chi connectivity index (χ1v) is 6.93. The molecule has 122 valence electrons. The molecule has 23 heavy (non-hydrogen) atoms. The first-order valence-electron chi connectivity index (χ1n) is 6.93. The number of nitrogens with zero attached hydrogens (tertiary/aromatic N) is 3. The lowest BCUT2D eigenvalue weighted by atomic mass is 9.86. The summed E-state index contributed by atoms with van der Waals surface area (Å²) >= 11 is 0. The Labute approximate surface area is 132 Å². The summed E-state index contributed by atoms with van der Waals surface area (Å²) in [4.78, 5) is 22.6. The Morgan fingerprint density at radius 2 is 2.04 bits per heavy atom. The molecule has 1 amide bonds. The van der Waals surface area contributed by atoms with Crippen LogP contribution in [0.2, 0.25) is 0 Å². The van der Waals surface area contributed by atoms with Crippen LogP contribution in [0, 0.1) is 10.1 Å². The molecule has 2 N–H and O–H groups in total. The standard InChI is InChI=1S/C15H18N4O4/c1-15(2,3)9-6-5-7-10(13(9)20)16-14(21)12-11(19(22)23)8-18(4)17-12/h5-8,20H,1-4H3,(H,16,21). The molecule has 0 aliphatic rings. The molecule has 0 atom stereocenters. The highest BCUT2D eigenvalue weighted by Gasteiger charge is 2.26. The third-order valence-electron chi connectivity index (χ3n) is 3.31. The Hall–Kier alpha value is -2.90. The van der Waals surface area contributed by atoms with E-state index in [0.29, 0.717) is 5.56 Å². The van der Waals surface area contributed by atoms with Crippen molar-refractivity contribution in [3.05, 3.63) is 45.8 Å². The summed E-state index contributed by atoms with van der Waals surface area (Å²) in [5.74, 6) is -0.814. The number of rotatable bonds is 3. The Morgan fingerprint density at radius 3 is 2.61 bits per heavy atom. The van der Waals surface area contributed by atoms with Crippen molar-refractivity contribution in [2.75, 3.05) is 5.32 Å². The van der Waals surface area contributed by atoms with Crippen molar-refractivity contribution in [3.63, 3.8) is 0 Å². The Morgan fingerprint density at radius 1 is 1.39 bits per heavy atom. The van der Waals surface area contributed by atoms with Crippen LogP contribution in [0.15, 0.2) is 24.4 Å². The van der Waals surface area contributed by atoms with Crippen molar-refractivity contribution in [1.82, 2.24) is 9.78 Å². The number of para-hydroxylation sites is 1. The number of aromatic hydroxyl groups is 1. The molecule has 8 nitrogen and oxygen atoms in total. The van der Waals surface area contributed by atoms with E-state index in [0.717, 1.165) is 6.20 Å². The maximum Gasteiger partial charge on any atom is 0.320 e. The minimum atomic E-state index is -0.751. The van der Waals surface area contributed by atoms with Crippen molar-refractivity contribution >= 4 is 17.3 Å². The van der Waals surface area contributed by atoms with E-state index in [-0.39, 0.29) is 22.5 Å². The number of nitro groups is 1. The fourth-order valence-corrected chi connectivity index (χ4v) is 2.20. The maximum absolute atomic E-state index is 12.3. The molecule has 0 aliphatic carbocycles. The van der Waals surface area contributed by atoms with Gasteiger partial charge in [-0.05, 0) is 11.5 Å². The predicted molar refractivity (Wildman–Crippen MR) is 84.6 cm³/mol. The van der Waals surface area contributed by atoms with E-state index in [1.54, 1.807) is 12.1 Å². The molecule has 0 unspecified atom stereocenters. The van der Waals surface area contributed by atoms with Gasteiger partial charge in [0.05, 0.1) is 10.6 Å². The van der Waals surface area contributed by atoms with Crippen LogP contribution in [-0.2, 0) is 12.5 Å². The molecule has 0 aliphatic heterocycles. The van der Waals surface area contributed by atoms with Crippen LogP contribution >= 0.6 is 0 Å². The minimum Gasteiger partial charge on any atom is -0.505 e. The Kier molecular flexibility index (Phi) is 4.09. The van der Waals surface area contributed by atoms with Crippen molar-refractivity contribution in [2.45, 2.75) is 26.2 Å². The lowest BCUT2D eigenvalue weighted by molar-refractivity contribution is -0.385. The Balaban J connectivity index is 2.37. The van der Waals surface area contributed by atoms with Gasteiger partial charge in [-0.25, -0.2) is 0 Å². The second-order valence-electron chi connectivity index (χ2n) is 6.20. The lowest BCUT2D eigenvalue weighted by Crippen LogP contribution is -2.16. The average Bonchev–Trinajstić information content (AvgIpc) is 2.82. The van der Waals surface area contributed by atoms with Gasteiger partial charge in [0.25, 0.3) is 5.91 Å². The summed E-state index contributed by atoms with van der Waals surface area (Å²) in [6.07, 6.45) is 1.15. The predicted octanol–water partition coefficient (Wildman–Crippen LogP) is 2.58. The summed E-state index contributed by atoms with van der Waals surface area (Å²) in [7, 11) is 1.49. The first kappa shape index (κ1) is 16.5. The van der Waals surface area contributed by atoms with Crippen molar-refractivity contribution in [3.8, 4) is 5.75 Å². The lowest BCUT2D eigenvalue weighted by Gasteiger charge is -2.21. The molecule has 1 aromatic carbocycles. The molecule has 8 heteroatoms. The number of carbonyl (C=O) groups is 1. The van der Waals surface area contributed by atoms with E-state index in [9.17, 15) is 20.0 Å². The molecule has 0 fully saturated rings. The molecule has 0 spiro atoms. The number of aromatic nitrogens is 2. The van der Waals surface area contributed by atoms with Gasteiger partial charge in [-0.15, -0.1) is 0 Å². The number of carbonyl (C=O) groups excluding carboxylic acids is 1. The highest BCUT2D eigenvalue weighted by Crippen LogP contribution is 2.36. The molecule has 1 aromatic heterocycles. The summed E-state index contributed by atoms with van der Waals surface area (Å²) in [6.45, 7) is 5.78. The van der Waals surface area contributed by atoms with Crippen molar-refractivity contribution < 1.29 is 14.8 Å². The zero-order chi connectivity index (χ0) is 17.4. The molecule has 0 saturated heterocycles. The highest BCUT2D eigenvalue weighted by atomic mass is 16.6. The minimum absolute atomic E-state index is 0.0630. The molecular weight excluding hydrogens is 300 g/mol. The number of hydrogen-bond donors (Lipinski definition) is 2. The van der Waals surface area contributed by atoms with Gasteiger partial charge in [0.2, 0.25) is 5.69 Å². The maximum atomic E-state index is 12.3. The second kappa shape index (κ2) is 5.71. The molecule has 2 rings (SSSR count). The topological polar surface area (TPSA) is 110 Å². The third-order valence-corrected chi connectivity index (χ3v) is 3.31. The largest absolute Gasteiger partial charge is 0.505 e. The molecule has 2 aromatic rings. The van der Waals surface area contributed by atoms with Crippen LogP contribution in [-0.4, -0.2) is 25.7 Å². The van der Waals surface area contributed by atoms with Gasteiger partial charge < -0.3 is 10.4 Å². The number of aryl methyl sites for hydroxylation is 1. The van der Waals surface area contributed by atoms with Gasteiger partial charge >= 0.3 is 5.69 Å². The number of phenols is 1. The van der Waals surface area contributed by atoms with Crippen molar-refractivity contribution in [2.24, 2.45) is 7.05 Å². The second-order valence-corrected chi connectivity index (χ2v) is 6.20. The number of anilines is 1. The van der Waals surface area contributed by atoms with Crippen LogP contribution < -0.4 is 5.32 Å². The SMILES string of the molecule is Cn1cc([N+](=O)[O-])c(C(=O)Nc2cccc(C(C)(C)C)c2O)n1. The number of nitrogens with one attached hydrogen (secondary N) is 1. The van der Waals surface area contributed by atoms with Crippen molar-refractivity contribution in [1.29, 1.82) is 0 Å². The number of hydrogen-bond acceptors (Lipinski definition) is 5. The smallest absolute Gasteiger partial charge is 0.320 e. The number of phenolic OH excluding ortho intramolecular Hbond substituents is 1. The van der Waals surface area contributed by atoms with Gasteiger partial charge in [0.1, 0.15) is 11.9 Å². The third kappa shape index (κ3) is 3.31. The monoisotopic (exact) mass is 318 g/mol. The highest BCUT2D eigenvalue weighted by molar-refractivity contribution is 6.06. The van der Waals surface area contributed by atoms with E-state index < -0.39 is 16.5 Å². The van der Waals surface area contributed by atoms with E-state index in [2.05, 4.69) is 10.4 Å². The summed E-state index contributed by atoms with van der Waals surface area (Å²) in [5, 5.41) is 27.6. The molecule has 0 bridgehead atoms. The first-order chi connectivity index (χ1) is 10.6. The van der Waals surface area contributed by atoms with Crippen LogP contribution in [0.25, 0.3) is 0 Å². The summed E-state index contributed by atoms with van der Waals surface area (Å²) in [5.41, 5.74) is -0.176. The normalized spacial score (nSPS) is 11.3. The van der Waals surface area contributed by atoms with E-state index in [4.69, 9.17) is 0 Å². The average molecular weight is 318 g/mol. The van der Waals surface area contributed by atoms with Gasteiger partial charge in [0.15, 0.2) is 0 Å². The van der Waals surface area contributed by atoms with Crippen LogP contribution in [0.4, 0.5) is 11.4 Å². The number of amides is 1. The van der Waals surface area contributed by atoms with E-state index in [1.807, 2.05) is 20.8 Å². The van der Waals surface area contributed by atoms with Gasteiger partial charge in [-0.1, -0.05) is 32.9 Å². The van der Waals surface area contributed by atoms with Gasteiger partial charge in [-0.2, -0.15) is 5.10 Å². The summed E-state index contributed by atoms with van der Waals surface area (Å²) < 4.78 is 1.19. The van der Waals surface area contributed by atoms with E-state index in [1.165, 1.54) is 17.8 Å². The van der Waals surface area contributed by atoms with Gasteiger partial charge in [-0.3, -0.25) is 19.6 Å². The van der Waals surface area contributed by atoms with Crippen LogP contribution in [0.1, 0.15) is 36.8 Å². The fraction of sp³-hybridized carbons (Fsp3) is 0.333.